The van der Waals surface area contributed by atoms with Gasteiger partial charge in [0.1, 0.15) is 17.0 Å². The fourth-order valence-electron chi connectivity index (χ4n) is 2.93. The van der Waals surface area contributed by atoms with Gasteiger partial charge in [0.15, 0.2) is 6.29 Å². The van der Waals surface area contributed by atoms with Crippen LogP contribution in [0.15, 0.2) is 38.5 Å². The molecule has 1 fully saturated rings. The Bertz CT molecular complexity index is 848. The fourth-order valence-corrected chi connectivity index (χ4v) is 2.93. The van der Waals surface area contributed by atoms with Crippen LogP contribution in [0.3, 0.4) is 0 Å². The minimum Gasteiger partial charge on any atom is -0.422 e. The number of ether oxygens (including phenoxy) is 1. The lowest BCUT2D eigenvalue weighted by Crippen LogP contribution is -2.41. The van der Waals surface area contributed by atoms with E-state index in [9.17, 15) is 9.59 Å². The summed E-state index contributed by atoms with van der Waals surface area (Å²) in [6.07, 6.45) is 1.29. The zero-order valence-corrected chi connectivity index (χ0v) is 14.5. The first-order chi connectivity index (χ1) is 12.1. The van der Waals surface area contributed by atoms with E-state index in [0.717, 1.165) is 25.3 Å². The molecule has 0 bridgehead atoms. The Balaban J connectivity index is 2.18. The van der Waals surface area contributed by atoms with Crippen molar-refractivity contribution in [3.8, 4) is 0 Å². The number of hydrogen-bond donors (Lipinski definition) is 0. The normalized spacial score (nSPS) is 15.8. The maximum absolute atomic E-state index is 12.2. The molecular formula is C19H22N2O4. The molecular weight excluding hydrogens is 320 g/mol. The number of carbonyl (C=O) groups excluding carboxylic acids is 1. The molecule has 1 aromatic heterocycles. The van der Waals surface area contributed by atoms with Gasteiger partial charge >= 0.3 is 5.63 Å². The maximum atomic E-state index is 12.2. The topological polar surface area (TPSA) is 72.1 Å². The Morgan fingerprint density at radius 1 is 1.28 bits per heavy atom. The lowest BCUT2D eigenvalue weighted by molar-refractivity contribution is 0.0669. The zero-order valence-electron chi connectivity index (χ0n) is 14.5. The number of para-hydroxylation sites is 1. The van der Waals surface area contributed by atoms with Crippen LogP contribution in [0, 0.1) is 5.92 Å². The second-order valence-corrected chi connectivity index (χ2v) is 6.49. The minimum atomic E-state index is -0.654. The standard InChI is InChI=1S/C19H22N2O4/c1-13(2)11-17(21-7-9-24-10-8-21)20-18-14-5-3-4-6-16(14)25-19(23)15(18)12-22/h3-6,12-13H,7-11H2,1-2H3. The molecule has 0 unspecified atom stereocenters. The van der Waals surface area contributed by atoms with Gasteiger partial charge in [0.25, 0.3) is 0 Å². The van der Waals surface area contributed by atoms with Crippen LogP contribution in [0.25, 0.3) is 11.0 Å². The molecule has 0 amide bonds. The Hall–Kier alpha value is -2.47. The molecule has 0 radical (unpaired) electrons. The number of hydrogen-bond acceptors (Lipinski definition) is 5. The molecule has 0 aliphatic carbocycles. The van der Waals surface area contributed by atoms with E-state index in [0.29, 0.717) is 42.1 Å². The average Bonchev–Trinajstić information content (AvgIpc) is 2.61. The number of morpholine rings is 1. The zero-order chi connectivity index (χ0) is 17.8. The first-order valence-corrected chi connectivity index (χ1v) is 8.51. The monoisotopic (exact) mass is 342 g/mol. The highest BCUT2D eigenvalue weighted by Gasteiger charge is 2.19. The number of fused-ring (bicyclic) bond motifs is 1. The molecule has 25 heavy (non-hydrogen) atoms. The van der Waals surface area contributed by atoms with Crippen LogP contribution in [0.1, 0.15) is 30.6 Å². The van der Waals surface area contributed by atoms with Crippen molar-refractivity contribution in [2.75, 3.05) is 26.3 Å². The van der Waals surface area contributed by atoms with Crippen LogP contribution < -0.4 is 5.63 Å². The highest BCUT2D eigenvalue weighted by Crippen LogP contribution is 2.28. The number of aliphatic imine (C=N–C) groups is 1. The summed E-state index contributed by atoms with van der Waals surface area (Å²) in [4.78, 5) is 30.6. The number of rotatable bonds is 4. The summed E-state index contributed by atoms with van der Waals surface area (Å²) in [7, 11) is 0. The van der Waals surface area contributed by atoms with Crippen molar-refractivity contribution in [3.05, 3.63) is 40.2 Å². The van der Waals surface area contributed by atoms with E-state index in [1.54, 1.807) is 12.1 Å². The van der Waals surface area contributed by atoms with Gasteiger partial charge < -0.3 is 14.1 Å². The van der Waals surface area contributed by atoms with Gasteiger partial charge in [-0.2, -0.15) is 0 Å². The molecule has 1 aliphatic rings. The minimum absolute atomic E-state index is 0.0341. The molecule has 0 N–H and O–H groups in total. The van der Waals surface area contributed by atoms with E-state index in [1.807, 2.05) is 12.1 Å². The largest absolute Gasteiger partial charge is 0.422 e. The number of carbonyl (C=O) groups is 1. The Morgan fingerprint density at radius 3 is 2.68 bits per heavy atom. The number of benzene rings is 1. The summed E-state index contributed by atoms with van der Waals surface area (Å²) < 4.78 is 10.7. The second kappa shape index (κ2) is 7.61. The Morgan fingerprint density at radius 2 is 2.00 bits per heavy atom. The summed E-state index contributed by atoms with van der Waals surface area (Å²) in [6.45, 7) is 7.04. The molecule has 132 valence electrons. The highest BCUT2D eigenvalue weighted by atomic mass is 16.5. The van der Waals surface area contributed by atoms with E-state index in [-0.39, 0.29) is 5.56 Å². The highest BCUT2D eigenvalue weighted by molar-refractivity contribution is 6.00. The van der Waals surface area contributed by atoms with Crippen molar-refractivity contribution in [2.45, 2.75) is 20.3 Å². The molecule has 1 saturated heterocycles. The molecule has 1 aromatic carbocycles. The molecule has 0 atom stereocenters. The third-order valence-electron chi connectivity index (χ3n) is 4.15. The molecule has 6 nitrogen and oxygen atoms in total. The maximum Gasteiger partial charge on any atom is 0.349 e. The predicted octanol–water partition coefficient (Wildman–Crippen LogP) is 3.01. The molecule has 0 spiro atoms. The molecule has 2 heterocycles. The summed E-state index contributed by atoms with van der Waals surface area (Å²) >= 11 is 0. The van der Waals surface area contributed by atoms with Crippen molar-refractivity contribution >= 4 is 28.8 Å². The van der Waals surface area contributed by atoms with Gasteiger partial charge in [-0.3, -0.25) is 4.79 Å². The number of amidine groups is 1. The van der Waals surface area contributed by atoms with Crippen LogP contribution in [0.4, 0.5) is 5.69 Å². The van der Waals surface area contributed by atoms with Gasteiger partial charge in [-0.15, -0.1) is 0 Å². The van der Waals surface area contributed by atoms with Gasteiger partial charge in [-0.05, 0) is 18.1 Å². The van der Waals surface area contributed by atoms with Crippen molar-refractivity contribution < 1.29 is 13.9 Å². The lowest BCUT2D eigenvalue weighted by Gasteiger charge is -2.30. The van der Waals surface area contributed by atoms with Crippen LogP contribution >= 0.6 is 0 Å². The van der Waals surface area contributed by atoms with Crippen LogP contribution in [0.2, 0.25) is 0 Å². The van der Waals surface area contributed by atoms with Gasteiger partial charge in [-0.1, -0.05) is 26.0 Å². The van der Waals surface area contributed by atoms with Gasteiger partial charge in [0.05, 0.1) is 18.9 Å². The summed E-state index contributed by atoms with van der Waals surface area (Å²) in [5.41, 5.74) is 0.137. The molecule has 3 rings (SSSR count). The fraction of sp³-hybridized carbons (Fsp3) is 0.421. The third kappa shape index (κ3) is 3.79. The molecule has 6 heteroatoms. The van der Waals surface area contributed by atoms with Gasteiger partial charge in [-0.25, -0.2) is 9.79 Å². The first-order valence-electron chi connectivity index (χ1n) is 8.51. The summed E-state index contributed by atoms with van der Waals surface area (Å²) in [6, 6.07) is 7.15. The predicted molar refractivity (Wildman–Crippen MR) is 96.8 cm³/mol. The van der Waals surface area contributed by atoms with Gasteiger partial charge in [0, 0.05) is 24.9 Å². The number of aldehydes is 1. The first kappa shape index (κ1) is 17.4. The third-order valence-corrected chi connectivity index (χ3v) is 4.15. The molecule has 1 aliphatic heterocycles. The van der Waals surface area contributed by atoms with E-state index in [2.05, 4.69) is 18.7 Å². The Kier molecular flexibility index (Phi) is 5.28. The Labute approximate surface area is 146 Å². The van der Waals surface area contributed by atoms with Crippen molar-refractivity contribution in [2.24, 2.45) is 10.9 Å². The van der Waals surface area contributed by atoms with Crippen LogP contribution in [-0.4, -0.2) is 43.3 Å². The van der Waals surface area contributed by atoms with E-state index < -0.39 is 5.63 Å². The summed E-state index contributed by atoms with van der Waals surface area (Å²) in [5.74, 6) is 1.27. The smallest absolute Gasteiger partial charge is 0.349 e. The number of nitrogens with zero attached hydrogens (tertiary/aromatic N) is 2. The van der Waals surface area contributed by atoms with E-state index >= 15 is 0 Å². The lowest BCUT2D eigenvalue weighted by atomic mass is 10.1. The van der Waals surface area contributed by atoms with Crippen molar-refractivity contribution in [1.82, 2.24) is 4.90 Å². The SMILES string of the molecule is CC(C)CC(=Nc1c(C=O)c(=O)oc2ccccc12)N1CCOCC1. The van der Waals surface area contributed by atoms with Crippen LogP contribution in [0.5, 0.6) is 0 Å². The van der Waals surface area contributed by atoms with Crippen LogP contribution in [-0.2, 0) is 4.74 Å². The van der Waals surface area contributed by atoms with Crippen molar-refractivity contribution in [3.63, 3.8) is 0 Å². The quantitative estimate of drug-likeness (QED) is 0.370. The molecule has 2 aromatic rings. The average molecular weight is 342 g/mol. The van der Waals surface area contributed by atoms with Crippen molar-refractivity contribution in [1.29, 1.82) is 0 Å². The second-order valence-electron chi connectivity index (χ2n) is 6.49. The van der Waals surface area contributed by atoms with E-state index in [4.69, 9.17) is 14.1 Å². The van der Waals surface area contributed by atoms with Gasteiger partial charge in [0.2, 0.25) is 0 Å². The summed E-state index contributed by atoms with van der Waals surface area (Å²) in [5, 5.41) is 0.665. The van der Waals surface area contributed by atoms with E-state index in [1.165, 1.54) is 0 Å². The molecule has 0 saturated carbocycles.